The van der Waals surface area contributed by atoms with Crippen LogP contribution in [0.2, 0.25) is 5.02 Å². The molecule has 3 aromatic heterocycles. The van der Waals surface area contributed by atoms with E-state index < -0.39 is 23.5 Å². The van der Waals surface area contributed by atoms with Gasteiger partial charge in [-0.3, -0.25) is 4.79 Å². The van der Waals surface area contributed by atoms with Crippen molar-refractivity contribution in [3.05, 3.63) is 69.9 Å². The molecule has 7 nitrogen and oxygen atoms in total. The maximum atomic E-state index is 13.8. The number of carbonyl (C=O) groups excluding carboxylic acids is 1. The van der Waals surface area contributed by atoms with Crippen molar-refractivity contribution < 1.29 is 23.5 Å². The summed E-state index contributed by atoms with van der Waals surface area (Å²) < 4.78 is 28.5. The molecular weight excluding hydrogens is 450 g/mol. The quantitative estimate of drug-likeness (QED) is 0.426. The van der Waals surface area contributed by atoms with Crippen molar-refractivity contribution in [1.29, 1.82) is 0 Å². The number of fused-ring (bicyclic) bond motifs is 1. The van der Waals surface area contributed by atoms with Crippen LogP contribution in [-0.4, -0.2) is 31.6 Å². The van der Waals surface area contributed by atoms with Crippen LogP contribution in [-0.2, 0) is 5.92 Å². The average molecular weight is 463 g/mol. The Morgan fingerprint density at radius 1 is 1.23 bits per heavy atom. The molecule has 0 saturated heterocycles. The fourth-order valence-electron chi connectivity index (χ4n) is 3.01. The third-order valence-electron chi connectivity index (χ3n) is 4.43. The number of carboxylic acid groups (broad SMARTS) is 1. The number of carbonyl (C=O) groups is 2. The van der Waals surface area contributed by atoms with Gasteiger partial charge in [-0.1, -0.05) is 23.7 Å². The minimum atomic E-state index is -3.20. The first-order valence-corrected chi connectivity index (χ1v) is 10.1. The third kappa shape index (κ3) is 3.99. The number of hydrogen-bond acceptors (Lipinski definition) is 5. The van der Waals surface area contributed by atoms with E-state index in [1.54, 1.807) is 29.6 Å². The SMILES string of the molecule is CC(F)(F)c1ccnc2cc(C(=O)Nc3scc(-c4ccc(Cl)cc4)c3C(=O)O)nn12. The summed E-state index contributed by atoms with van der Waals surface area (Å²) in [6, 6.07) is 8.96. The summed E-state index contributed by atoms with van der Waals surface area (Å²) in [6.07, 6.45) is 1.20. The lowest BCUT2D eigenvalue weighted by Crippen LogP contribution is -2.16. The average Bonchev–Trinajstić information content (AvgIpc) is 3.31. The molecule has 0 atom stereocenters. The molecule has 1 amide bonds. The maximum Gasteiger partial charge on any atom is 0.339 e. The first kappa shape index (κ1) is 20.9. The lowest BCUT2D eigenvalue weighted by molar-refractivity contribution is 0.0103. The molecule has 31 heavy (non-hydrogen) atoms. The highest BCUT2D eigenvalue weighted by Gasteiger charge is 2.29. The smallest absolute Gasteiger partial charge is 0.339 e. The third-order valence-corrected chi connectivity index (χ3v) is 5.57. The van der Waals surface area contributed by atoms with Gasteiger partial charge in [0.2, 0.25) is 0 Å². The molecule has 4 rings (SSSR count). The molecule has 4 aromatic rings. The minimum Gasteiger partial charge on any atom is -0.478 e. The van der Waals surface area contributed by atoms with Gasteiger partial charge in [-0.25, -0.2) is 14.3 Å². The zero-order valence-corrected chi connectivity index (χ0v) is 17.3. The normalized spacial score (nSPS) is 11.6. The van der Waals surface area contributed by atoms with Gasteiger partial charge in [0, 0.05) is 35.2 Å². The monoisotopic (exact) mass is 462 g/mol. The van der Waals surface area contributed by atoms with Gasteiger partial charge < -0.3 is 10.4 Å². The van der Waals surface area contributed by atoms with Gasteiger partial charge in [0.05, 0.1) is 0 Å². The van der Waals surface area contributed by atoms with Crippen LogP contribution in [0.4, 0.5) is 13.8 Å². The largest absolute Gasteiger partial charge is 0.478 e. The zero-order valence-electron chi connectivity index (χ0n) is 15.8. The second-order valence-corrected chi connectivity index (χ2v) is 7.95. The Morgan fingerprint density at radius 3 is 2.58 bits per heavy atom. The highest BCUT2D eigenvalue weighted by molar-refractivity contribution is 7.15. The van der Waals surface area contributed by atoms with Crippen LogP contribution in [0.25, 0.3) is 16.8 Å². The number of carboxylic acids is 1. The van der Waals surface area contributed by atoms with Crippen LogP contribution >= 0.6 is 22.9 Å². The number of nitrogens with zero attached hydrogens (tertiary/aromatic N) is 3. The molecule has 0 spiro atoms. The Balaban J connectivity index is 1.69. The summed E-state index contributed by atoms with van der Waals surface area (Å²) in [5.74, 6) is -5.17. The molecule has 0 aliphatic carbocycles. The number of hydrogen-bond donors (Lipinski definition) is 2. The van der Waals surface area contributed by atoms with E-state index in [2.05, 4.69) is 15.4 Å². The van der Waals surface area contributed by atoms with Crippen molar-refractivity contribution in [3.63, 3.8) is 0 Å². The number of aromatic nitrogens is 3. The van der Waals surface area contributed by atoms with E-state index in [-0.39, 0.29) is 21.9 Å². The van der Waals surface area contributed by atoms with Gasteiger partial charge in [-0.05, 0) is 23.8 Å². The van der Waals surface area contributed by atoms with Crippen LogP contribution in [0.5, 0.6) is 0 Å². The van der Waals surface area contributed by atoms with Crippen LogP contribution in [0.15, 0.2) is 48.0 Å². The van der Waals surface area contributed by atoms with Gasteiger partial charge in [0.15, 0.2) is 11.3 Å². The fraction of sp³-hybridized carbons (Fsp3) is 0.100. The van der Waals surface area contributed by atoms with E-state index in [1.807, 2.05) is 0 Å². The number of halogens is 3. The first-order chi connectivity index (χ1) is 14.6. The Labute approximate surface area is 182 Å². The fourth-order valence-corrected chi connectivity index (χ4v) is 4.09. The van der Waals surface area contributed by atoms with E-state index in [9.17, 15) is 23.5 Å². The molecule has 11 heteroatoms. The number of amides is 1. The first-order valence-electron chi connectivity index (χ1n) is 8.80. The number of alkyl halides is 2. The van der Waals surface area contributed by atoms with Gasteiger partial charge in [0.25, 0.3) is 11.8 Å². The molecule has 0 saturated carbocycles. The number of benzene rings is 1. The topological polar surface area (TPSA) is 96.6 Å². The Bertz CT molecular complexity index is 1310. The summed E-state index contributed by atoms with van der Waals surface area (Å²) in [7, 11) is 0. The van der Waals surface area contributed by atoms with Gasteiger partial charge >= 0.3 is 5.97 Å². The van der Waals surface area contributed by atoms with Gasteiger partial charge in [-0.15, -0.1) is 11.3 Å². The number of nitrogens with one attached hydrogen (secondary N) is 1. The molecule has 0 fully saturated rings. The lowest BCUT2D eigenvalue weighted by atomic mass is 10.0. The standard InChI is InChI=1S/C20H13ClF2N4O3S/c1-20(22,23)14-6-7-24-15-8-13(26-27(14)15)17(28)25-18-16(19(29)30)12(9-31-18)10-2-4-11(21)5-3-10/h2-9H,1H3,(H,25,28)(H,29,30). The molecule has 0 unspecified atom stereocenters. The van der Waals surface area contributed by atoms with Gasteiger partial charge in [-0.2, -0.15) is 13.9 Å². The Morgan fingerprint density at radius 2 is 1.94 bits per heavy atom. The van der Waals surface area contributed by atoms with Crippen molar-refractivity contribution in [2.45, 2.75) is 12.8 Å². The van der Waals surface area contributed by atoms with E-state index in [0.29, 0.717) is 23.1 Å². The highest BCUT2D eigenvalue weighted by Crippen LogP contribution is 2.36. The summed E-state index contributed by atoms with van der Waals surface area (Å²) >= 11 is 6.91. The maximum absolute atomic E-state index is 13.8. The van der Waals surface area contributed by atoms with Crippen LogP contribution in [0, 0.1) is 0 Å². The summed E-state index contributed by atoms with van der Waals surface area (Å²) in [5.41, 5.74) is 0.393. The van der Waals surface area contributed by atoms with Crippen molar-refractivity contribution in [3.8, 4) is 11.1 Å². The predicted octanol–water partition coefficient (Wildman–Crippen LogP) is 5.17. The molecule has 158 valence electrons. The molecule has 0 aliphatic rings. The van der Waals surface area contributed by atoms with Crippen LogP contribution in [0.1, 0.15) is 33.5 Å². The Hall–Kier alpha value is -3.37. The summed E-state index contributed by atoms with van der Waals surface area (Å²) in [5, 5.41) is 18.3. The van der Waals surface area contributed by atoms with Crippen molar-refractivity contribution >= 4 is 45.5 Å². The Kier molecular flexibility index (Phi) is 5.19. The second-order valence-electron chi connectivity index (χ2n) is 6.64. The highest BCUT2D eigenvalue weighted by atomic mass is 35.5. The zero-order chi connectivity index (χ0) is 22.3. The number of rotatable bonds is 5. The lowest BCUT2D eigenvalue weighted by Gasteiger charge is -2.11. The molecule has 0 bridgehead atoms. The molecule has 2 N–H and O–H groups in total. The number of aromatic carboxylic acids is 1. The summed E-state index contributed by atoms with van der Waals surface area (Å²) in [6.45, 7) is 0.715. The predicted molar refractivity (Wildman–Crippen MR) is 112 cm³/mol. The van der Waals surface area contributed by atoms with Crippen molar-refractivity contribution in [1.82, 2.24) is 14.6 Å². The molecule has 0 aliphatic heterocycles. The van der Waals surface area contributed by atoms with Gasteiger partial charge in [0.1, 0.15) is 16.3 Å². The van der Waals surface area contributed by atoms with Crippen molar-refractivity contribution in [2.75, 3.05) is 5.32 Å². The van der Waals surface area contributed by atoms with E-state index in [0.717, 1.165) is 21.9 Å². The molecular formula is C20H13ClF2N4O3S. The number of anilines is 1. The second kappa shape index (κ2) is 7.71. The van der Waals surface area contributed by atoms with Crippen molar-refractivity contribution in [2.24, 2.45) is 0 Å². The minimum absolute atomic E-state index is 0.0654. The number of thiophene rings is 1. The van der Waals surface area contributed by atoms with Crippen LogP contribution in [0.3, 0.4) is 0 Å². The van der Waals surface area contributed by atoms with Crippen LogP contribution < -0.4 is 5.32 Å². The molecule has 3 heterocycles. The summed E-state index contributed by atoms with van der Waals surface area (Å²) in [4.78, 5) is 28.5. The van der Waals surface area contributed by atoms with E-state index in [1.165, 1.54) is 12.3 Å². The van der Waals surface area contributed by atoms with E-state index in [4.69, 9.17) is 11.6 Å². The van der Waals surface area contributed by atoms with E-state index >= 15 is 0 Å². The molecule has 0 radical (unpaired) electrons. The molecule has 1 aromatic carbocycles.